The molecule has 3 nitrogen and oxygen atoms in total. The zero-order chi connectivity index (χ0) is 13.1. The third kappa shape index (κ3) is 2.60. The van der Waals surface area contributed by atoms with E-state index in [4.69, 9.17) is 5.73 Å². The summed E-state index contributed by atoms with van der Waals surface area (Å²) in [5.74, 6) is 0.922. The molecule has 0 radical (unpaired) electrons. The lowest BCUT2D eigenvalue weighted by molar-refractivity contribution is 0.510. The number of hydrogen-bond donors (Lipinski definition) is 1. The predicted molar refractivity (Wildman–Crippen MR) is 76.7 cm³/mol. The maximum absolute atomic E-state index is 5.89. The normalized spacial score (nSPS) is 12.9. The van der Waals surface area contributed by atoms with Crippen molar-refractivity contribution in [2.45, 2.75) is 26.7 Å². The van der Waals surface area contributed by atoms with E-state index < -0.39 is 0 Å². The number of aryl methyl sites for hydroxylation is 1. The summed E-state index contributed by atoms with van der Waals surface area (Å²) < 4.78 is 0. The standard InChI is InChI=1S/C14H19N3S/c1-9(2)11(8-15)13-10(3)17-14(18-13)12-6-4-5-7-16-12/h4-7,9,11H,8,15H2,1-3H3. The van der Waals surface area contributed by atoms with Gasteiger partial charge in [0, 0.05) is 23.5 Å². The van der Waals surface area contributed by atoms with Gasteiger partial charge in [-0.2, -0.15) is 0 Å². The van der Waals surface area contributed by atoms with E-state index in [1.54, 1.807) is 17.5 Å². The fraction of sp³-hybridized carbons (Fsp3) is 0.429. The maximum atomic E-state index is 5.89. The summed E-state index contributed by atoms with van der Waals surface area (Å²) in [4.78, 5) is 10.3. The van der Waals surface area contributed by atoms with Crippen LogP contribution >= 0.6 is 11.3 Å². The average Bonchev–Trinajstić information content (AvgIpc) is 2.73. The second kappa shape index (κ2) is 5.59. The second-order valence-electron chi connectivity index (χ2n) is 4.77. The van der Waals surface area contributed by atoms with Gasteiger partial charge in [0.05, 0.1) is 11.4 Å². The highest BCUT2D eigenvalue weighted by Crippen LogP contribution is 2.34. The van der Waals surface area contributed by atoms with E-state index in [2.05, 4.69) is 30.7 Å². The molecule has 4 heteroatoms. The first-order valence-corrected chi connectivity index (χ1v) is 7.04. The lowest BCUT2D eigenvalue weighted by Crippen LogP contribution is -2.17. The Morgan fingerprint density at radius 1 is 1.33 bits per heavy atom. The molecule has 0 aliphatic carbocycles. The van der Waals surface area contributed by atoms with E-state index in [1.807, 2.05) is 18.2 Å². The van der Waals surface area contributed by atoms with Crippen LogP contribution < -0.4 is 5.73 Å². The number of rotatable bonds is 4. The molecule has 0 aliphatic rings. The van der Waals surface area contributed by atoms with E-state index in [1.165, 1.54) is 4.88 Å². The molecule has 2 heterocycles. The Balaban J connectivity index is 2.38. The number of aromatic nitrogens is 2. The molecule has 1 unspecified atom stereocenters. The van der Waals surface area contributed by atoms with Crippen LogP contribution in [0.5, 0.6) is 0 Å². The lowest BCUT2D eigenvalue weighted by Gasteiger charge is -2.17. The number of nitrogens with two attached hydrogens (primary N) is 1. The van der Waals surface area contributed by atoms with Crippen molar-refractivity contribution in [1.29, 1.82) is 0 Å². The third-order valence-corrected chi connectivity index (χ3v) is 4.42. The van der Waals surface area contributed by atoms with Gasteiger partial charge in [0.1, 0.15) is 5.01 Å². The quantitative estimate of drug-likeness (QED) is 0.919. The van der Waals surface area contributed by atoms with E-state index in [-0.39, 0.29) is 0 Å². The minimum atomic E-state index is 0.389. The Morgan fingerprint density at radius 3 is 2.67 bits per heavy atom. The van der Waals surface area contributed by atoms with Crippen LogP contribution in [-0.2, 0) is 0 Å². The Bertz CT molecular complexity index is 505. The zero-order valence-electron chi connectivity index (χ0n) is 11.1. The Labute approximate surface area is 112 Å². The summed E-state index contributed by atoms with van der Waals surface area (Å²) >= 11 is 1.72. The Morgan fingerprint density at radius 2 is 2.11 bits per heavy atom. The summed E-state index contributed by atoms with van der Waals surface area (Å²) in [5.41, 5.74) is 7.91. The van der Waals surface area contributed by atoms with Gasteiger partial charge >= 0.3 is 0 Å². The molecular formula is C14H19N3S. The molecule has 96 valence electrons. The van der Waals surface area contributed by atoms with Crippen LogP contribution in [0, 0.1) is 12.8 Å². The van der Waals surface area contributed by atoms with Crippen LogP contribution in [0.4, 0.5) is 0 Å². The predicted octanol–water partition coefficient (Wildman–Crippen LogP) is 3.21. The van der Waals surface area contributed by atoms with Gasteiger partial charge in [-0.25, -0.2) is 4.98 Å². The Kier molecular flexibility index (Phi) is 4.09. The van der Waals surface area contributed by atoms with Gasteiger partial charge < -0.3 is 5.73 Å². The largest absolute Gasteiger partial charge is 0.330 e. The SMILES string of the molecule is Cc1nc(-c2ccccn2)sc1C(CN)C(C)C. The molecule has 0 fully saturated rings. The van der Waals surface area contributed by atoms with Gasteiger partial charge in [-0.3, -0.25) is 4.98 Å². The second-order valence-corrected chi connectivity index (χ2v) is 5.80. The molecule has 2 rings (SSSR count). The highest BCUT2D eigenvalue weighted by Gasteiger charge is 2.20. The summed E-state index contributed by atoms with van der Waals surface area (Å²) in [6, 6.07) is 5.90. The Hall–Kier alpha value is -1.26. The number of nitrogens with zero attached hydrogens (tertiary/aromatic N) is 2. The summed E-state index contributed by atoms with van der Waals surface area (Å²) in [5, 5.41) is 0.988. The summed E-state index contributed by atoms with van der Waals surface area (Å²) in [6.07, 6.45) is 1.80. The monoisotopic (exact) mass is 261 g/mol. The molecular weight excluding hydrogens is 242 g/mol. The fourth-order valence-corrected chi connectivity index (χ4v) is 3.36. The van der Waals surface area contributed by atoms with Crippen molar-refractivity contribution in [3.8, 4) is 10.7 Å². The molecule has 0 aromatic carbocycles. The van der Waals surface area contributed by atoms with Crippen molar-refractivity contribution in [3.63, 3.8) is 0 Å². The van der Waals surface area contributed by atoms with Crippen LogP contribution in [0.1, 0.15) is 30.3 Å². The minimum absolute atomic E-state index is 0.389. The molecule has 2 aromatic heterocycles. The average molecular weight is 261 g/mol. The topological polar surface area (TPSA) is 51.8 Å². The van der Waals surface area contributed by atoms with Crippen molar-refractivity contribution in [3.05, 3.63) is 35.0 Å². The highest BCUT2D eigenvalue weighted by molar-refractivity contribution is 7.15. The smallest absolute Gasteiger partial charge is 0.142 e. The van der Waals surface area contributed by atoms with E-state index in [0.717, 1.165) is 16.4 Å². The number of hydrogen-bond acceptors (Lipinski definition) is 4. The molecule has 0 saturated heterocycles. The zero-order valence-corrected chi connectivity index (χ0v) is 11.9. The fourth-order valence-electron chi connectivity index (χ4n) is 2.03. The molecule has 0 aliphatic heterocycles. The van der Waals surface area contributed by atoms with Crippen molar-refractivity contribution in [2.75, 3.05) is 6.54 Å². The van der Waals surface area contributed by atoms with Gasteiger partial charge in [-0.15, -0.1) is 11.3 Å². The van der Waals surface area contributed by atoms with E-state index >= 15 is 0 Å². The third-order valence-electron chi connectivity index (χ3n) is 3.11. The highest BCUT2D eigenvalue weighted by atomic mass is 32.1. The van der Waals surface area contributed by atoms with E-state index in [9.17, 15) is 0 Å². The van der Waals surface area contributed by atoms with Crippen LogP contribution in [0.2, 0.25) is 0 Å². The summed E-state index contributed by atoms with van der Waals surface area (Å²) in [7, 11) is 0. The number of pyridine rings is 1. The first kappa shape index (κ1) is 13.2. The van der Waals surface area contributed by atoms with Crippen molar-refractivity contribution in [1.82, 2.24) is 9.97 Å². The molecule has 0 amide bonds. The van der Waals surface area contributed by atoms with Crippen molar-refractivity contribution < 1.29 is 0 Å². The molecule has 0 saturated carbocycles. The van der Waals surface area contributed by atoms with Crippen LogP contribution in [0.15, 0.2) is 24.4 Å². The van der Waals surface area contributed by atoms with Crippen molar-refractivity contribution >= 4 is 11.3 Å². The lowest BCUT2D eigenvalue weighted by atomic mass is 9.94. The van der Waals surface area contributed by atoms with Gasteiger partial charge in [0.25, 0.3) is 0 Å². The summed E-state index contributed by atoms with van der Waals surface area (Å²) in [6.45, 7) is 7.14. The first-order valence-electron chi connectivity index (χ1n) is 6.22. The minimum Gasteiger partial charge on any atom is -0.330 e. The molecule has 0 bridgehead atoms. The molecule has 1 atom stereocenters. The van der Waals surface area contributed by atoms with Crippen LogP contribution in [0.25, 0.3) is 10.7 Å². The van der Waals surface area contributed by atoms with Gasteiger partial charge in [0.15, 0.2) is 0 Å². The number of thiazole rings is 1. The first-order chi connectivity index (χ1) is 8.63. The maximum Gasteiger partial charge on any atom is 0.142 e. The van der Waals surface area contributed by atoms with Crippen molar-refractivity contribution in [2.24, 2.45) is 11.7 Å². The molecule has 2 aromatic rings. The van der Waals surface area contributed by atoms with Crippen LogP contribution in [0.3, 0.4) is 0 Å². The van der Waals surface area contributed by atoms with Gasteiger partial charge in [-0.05, 0) is 25.0 Å². The molecule has 0 spiro atoms. The molecule has 18 heavy (non-hydrogen) atoms. The van der Waals surface area contributed by atoms with Gasteiger partial charge in [-0.1, -0.05) is 19.9 Å². The van der Waals surface area contributed by atoms with Gasteiger partial charge in [0.2, 0.25) is 0 Å². The molecule has 2 N–H and O–H groups in total. The van der Waals surface area contributed by atoms with E-state index in [0.29, 0.717) is 18.4 Å². The van der Waals surface area contributed by atoms with Crippen LogP contribution in [-0.4, -0.2) is 16.5 Å².